The average Bonchev–Trinajstić information content (AvgIpc) is 2.34. The van der Waals surface area contributed by atoms with E-state index in [1.165, 1.54) is 16.7 Å². The number of halogens is 2. The van der Waals surface area contributed by atoms with Gasteiger partial charge >= 0.3 is 0 Å². The first-order valence-corrected chi connectivity index (χ1v) is 6.94. The van der Waals surface area contributed by atoms with E-state index in [0.717, 1.165) is 15.4 Å². The van der Waals surface area contributed by atoms with E-state index >= 15 is 0 Å². The van der Waals surface area contributed by atoms with Crippen molar-refractivity contribution in [1.82, 2.24) is 0 Å². The first kappa shape index (κ1) is 12.6. The molecule has 0 amide bonds. The maximum atomic E-state index is 3.75. The smallest absolute Gasteiger partial charge is 0.0323 e. The minimum Gasteiger partial charge on any atom is -0.103 e. The molecule has 0 aromatic heterocycles. The summed E-state index contributed by atoms with van der Waals surface area (Å²) in [5.74, 6) is 0. The Bertz CT molecular complexity index is 527. The lowest BCUT2D eigenvalue weighted by Gasteiger charge is -2.05. The van der Waals surface area contributed by atoms with Crippen molar-refractivity contribution in [2.75, 3.05) is 0 Å². The lowest BCUT2D eigenvalue weighted by atomic mass is 10.0. The Morgan fingerprint density at radius 3 is 2.12 bits per heavy atom. The minimum absolute atomic E-state index is 0.921. The summed E-state index contributed by atoms with van der Waals surface area (Å²) in [7, 11) is 0. The molecule has 0 radical (unpaired) electrons. The lowest BCUT2D eigenvalue weighted by molar-refractivity contribution is 1.28. The van der Waals surface area contributed by atoms with E-state index in [2.05, 4.69) is 80.9 Å². The molecular formula is C15H12Br2. The highest BCUT2D eigenvalue weighted by molar-refractivity contribution is 9.13. The molecule has 0 unspecified atom stereocenters. The Labute approximate surface area is 119 Å². The van der Waals surface area contributed by atoms with Gasteiger partial charge in [0.15, 0.2) is 0 Å². The van der Waals surface area contributed by atoms with Gasteiger partial charge in [0.1, 0.15) is 0 Å². The average molecular weight is 352 g/mol. The van der Waals surface area contributed by atoms with Crippen molar-refractivity contribution in [3.8, 4) is 11.1 Å². The zero-order chi connectivity index (χ0) is 12.3. The Morgan fingerprint density at radius 1 is 0.882 bits per heavy atom. The molecule has 0 spiro atoms. The summed E-state index contributed by atoms with van der Waals surface area (Å²) in [5.41, 5.74) is 3.73. The van der Waals surface area contributed by atoms with Gasteiger partial charge < -0.3 is 0 Å². The van der Waals surface area contributed by atoms with E-state index in [-0.39, 0.29) is 0 Å². The standard InChI is InChI=1S/C15H12Br2/c1-2-3-11-4-6-12(7-5-11)13-8-9-14(16)15(17)10-13/h2,4-10H,1,3H2. The fraction of sp³-hybridized carbons (Fsp3) is 0.0667. The molecule has 0 bridgehead atoms. The topological polar surface area (TPSA) is 0 Å². The third-order valence-corrected chi connectivity index (χ3v) is 4.47. The third kappa shape index (κ3) is 3.08. The molecule has 2 aromatic rings. The fourth-order valence-electron chi connectivity index (χ4n) is 1.68. The maximum Gasteiger partial charge on any atom is 0.0323 e. The van der Waals surface area contributed by atoms with E-state index in [1.807, 2.05) is 6.08 Å². The molecule has 0 saturated carbocycles. The molecule has 2 heteroatoms. The first-order valence-electron chi connectivity index (χ1n) is 5.36. The summed E-state index contributed by atoms with van der Waals surface area (Å²) in [6, 6.07) is 14.9. The van der Waals surface area contributed by atoms with Crippen molar-refractivity contribution in [2.45, 2.75) is 6.42 Å². The predicted molar refractivity (Wildman–Crippen MR) is 81.2 cm³/mol. The number of rotatable bonds is 3. The molecule has 0 aliphatic rings. The highest BCUT2D eigenvalue weighted by Crippen LogP contribution is 2.29. The molecule has 0 atom stereocenters. The molecule has 2 aromatic carbocycles. The van der Waals surface area contributed by atoms with Crippen LogP contribution in [-0.2, 0) is 6.42 Å². The molecule has 0 saturated heterocycles. The van der Waals surface area contributed by atoms with Crippen LogP contribution in [0.4, 0.5) is 0 Å². The highest BCUT2D eigenvalue weighted by Gasteiger charge is 2.01. The van der Waals surface area contributed by atoms with E-state index < -0.39 is 0 Å². The summed E-state index contributed by atoms with van der Waals surface area (Å²) in [6.45, 7) is 3.75. The summed E-state index contributed by atoms with van der Waals surface area (Å²) in [5, 5.41) is 0. The van der Waals surface area contributed by atoms with Crippen molar-refractivity contribution in [3.05, 3.63) is 69.6 Å². The van der Waals surface area contributed by atoms with Crippen LogP contribution in [0.25, 0.3) is 11.1 Å². The van der Waals surface area contributed by atoms with Crippen molar-refractivity contribution in [2.24, 2.45) is 0 Å². The largest absolute Gasteiger partial charge is 0.103 e. The van der Waals surface area contributed by atoms with Crippen LogP contribution in [0.5, 0.6) is 0 Å². The van der Waals surface area contributed by atoms with Gasteiger partial charge in [0.25, 0.3) is 0 Å². The molecule has 0 nitrogen and oxygen atoms in total. The highest BCUT2D eigenvalue weighted by atomic mass is 79.9. The van der Waals surface area contributed by atoms with Crippen molar-refractivity contribution < 1.29 is 0 Å². The van der Waals surface area contributed by atoms with Gasteiger partial charge in [0.05, 0.1) is 0 Å². The normalized spacial score (nSPS) is 10.2. The Kier molecular flexibility index (Phi) is 4.19. The Morgan fingerprint density at radius 2 is 1.53 bits per heavy atom. The summed E-state index contributed by atoms with van der Waals surface area (Å²) in [4.78, 5) is 0. The van der Waals surface area contributed by atoms with Gasteiger partial charge in [-0.05, 0) is 67.1 Å². The number of benzene rings is 2. The summed E-state index contributed by atoms with van der Waals surface area (Å²) < 4.78 is 2.15. The molecule has 0 N–H and O–H groups in total. The Hall–Kier alpha value is -0.860. The minimum atomic E-state index is 0.921. The second-order valence-electron chi connectivity index (χ2n) is 3.82. The van der Waals surface area contributed by atoms with Crippen LogP contribution in [0.15, 0.2) is 64.1 Å². The van der Waals surface area contributed by atoms with Gasteiger partial charge in [0, 0.05) is 8.95 Å². The first-order chi connectivity index (χ1) is 8.20. The van der Waals surface area contributed by atoms with Gasteiger partial charge in [-0.2, -0.15) is 0 Å². The zero-order valence-electron chi connectivity index (χ0n) is 9.29. The molecule has 0 aliphatic carbocycles. The van der Waals surface area contributed by atoms with Crippen molar-refractivity contribution in [3.63, 3.8) is 0 Å². The van der Waals surface area contributed by atoms with Crippen LogP contribution in [0.3, 0.4) is 0 Å². The van der Waals surface area contributed by atoms with E-state index in [4.69, 9.17) is 0 Å². The van der Waals surface area contributed by atoms with Gasteiger partial charge in [0.2, 0.25) is 0 Å². The summed E-state index contributed by atoms with van der Waals surface area (Å²) in [6.07, 6.45) is 2.84. The van der Waals surface area contributed by atoms with Crippen LogP contribution >= 0.6 is 31.9 Å². The second kappa shape index (κ2) is 5.65. The van der Waals surface area contributed by atoms with E-state index in [9.17, 15) is 0 Å². The molecule has 0 heterocycles. The predicted octanol–water partition coefficient (Wildman–Crippen LogP) is 5.61. The fourth-order valence-corrected chi connectivity index (χ4v) is 2.30. The van der Waals surface area contributed by atoms with E-state index in [1.54, 1.807) is 0 Å². The Balaban J connectivity index is 2.32. The number of hydrogen-bond donors (Lipinski definition) is 0. The quantitative estimate of drug-likeness (QED) is 0.630. The van der Waals surface area contributed by atoms with Crippen LogP contribution in [0.1, 0.15) is 5.56 Å². The van der Waals surface area contributed by atoms with Gasteiger partial charge in [-0.25, -0.2) is 0 Å². The SMILES string of the molecule is C=CCc1ccc(-c2ccc(Br)c(Br)c2)cc1. The summed E-state index contributed by atoms with van der Waals surface area (Å²) >= 11 is 7.00. The second-order valence-corrected chi connectivity index (χ2v) is 5.53. The molecule has 0 aliphatic heterocycles. The van der Waals surface area contributed by atoms with Crippen LogP contribution in [-0.4, -0.2) is 0 Å². The van der Waals surface area contributed by atoms with Crippen molar-refractivity contribution >= 4 is 31.9 Å². The molecule has 0 fully saturated rings. The number of hydrogen-bond acceptors (Lipinski definition) is 0. The van der Waals surface area contributed by atoms with Crippen LogP contribution in [0, 0.1) is 0 Å². The van der Waals surface area contributed by atoms with Gasteiger partial charge in [-0.15, -0.1) is 6.58 Å². The van der Waals surface area contributed by atoms with E-state index in [0.29, 0.717) is 0 Å². The third-order valence-electron chi connectivity index (χ3n) is 2.59. The molecule has 86 valence electrons. The van der Waals surface area contributed by atoms with Crippen molar-refractivity contribution in [1.29, 1.82) is 0 Å². The van der Waals surface area contributed by atoms with Crippen LogP contribution in [0.2, 0.25) is 0 Å². The number of allylic oxidation sites excluding steroid dienone is 1. The van der Waals surface area contributed by atoms with Crippen LogP contribution < -0.4 is 0 Å². The zero-order valence-corrected chi connectivity index (χ0v) is 12.5. The van der Waals surface area contributed by atoms with Gasteiger partial charge in [-0.1, -0.05) is 36.4 Å². The molecular weight excluding hydrogens is 340 g/mol. The molecule has 17 heavy (non-hydrogen) atoms. The lowest BCUT2D eigenvalue weighted by Crippen LogP contribution is -1.82. The van der Waals surface area contributed by atoms with Gasteiger partial charge in [-0.3, -0.25) is 0 Å². The molecule has 2 rings (SSSR count). The monoisotopic (exact) mass is 350 g/mol. The maximum absolute atomic E-state index is 3.75.